The number of nitrogens with zero attached hydrogens (tertiary/aromatic N) is 1. The molecular formula is C31H42N2O3S. The Kier molecular flexibility index (Phi) is 7.49. The Morgan fingerprint density at radius 2 is 1.86 bits per heavy atom. The van der Waals surface area contributed by atoms with E-state index >= 15 is 0 Å². The SMILES string of the molecule is CSc1cccc(-c2cccc(CN3O[C@@H](C)[C@@H]([C@H](C)O)[C@H]3C(=O)N[C@H]3C[C@H]4C[C@@H]([C@@H]3C)C4(C)C)c2)c1. The van der Waals surface area contributed by atoms with E-state index in [-0.39, 0.29) is 24.0 Å². The smallest absolute Gasteiger partial charge is 0.240 e. The molecule has 0 unspecified atom stereocenters. The molecule has 2 aromatic rings. The molecule has 3 saturated carbocycles. The number of thioether (sulfide) groups is 1. The highest BCUT2D eigenvalue weighted by atomic mass is 32.2. The Balaban J connectivity index is 1.35. The van der Waals surface area contributed by atoms with Crippen molar-refractivity contribution < 1.29 is 14.7 Å². The summed E-state index contributed by atoms with van der Waals surface area (Å²) in [6.45, 7) is 11.3. The van der Waals surface area contributed by atoms with Crippen molar-refractivity contribution >= 4 is 17.7 Å². The van der Waals surface area contributed by atoms with Crippen LogP contribution in [0.25, 0.3) is 11.1 Å². The summed E-state index contributed by atoms with van der Waals surface area (Å²) in [5.41, 5.74) is 3.78. The van der Waals surface area contributed by atoms with Gasteiger partial charge in [0.15, 0.2) is 0 Å². The van der Waals surface area contributed by atoms with Gasteiger partial charge in [-0.2, -0.15) is 5.06 Å². The Morgan fingerprint density at radius 1 is 1.16 bits per heavy atom. The molecule has 4 fully saturated rings. The fourth-order valence-electron chi connectivity index (χ4n) is 7.34. The predicted molar refractivity (Wildman–Crippen MR) is 150 cm³/mol. The first-order valence-electron chi connectivity index (χ1n) is 13.8. The van der Waals surface area contributed by atoms with Gasteiger partial charge >= 0.3 is 0 Å². The molecule has 3 aliphatic carbocycles. The van der Waals surface area contributed by atoms with Crippen molar-refractivity contribution in [3.8, 4) is 11.1 Å². The van der Waals surface area contributed by atoms with Crippen molar-refractivity contribution in [1.82, 2.24) is 10.4 Å². The number of aliphatic hydroxyl groups excluding tert-OH is 1. The normalized spacial score (nSPS) is 33.5. The summed E-state index contributed by atoms with van der Waals surface area (Å²) in [5, 5.41) is 15.9. The van der Waals surface area contributed by atoms with Crippen LogP contribution in [-0.4, -0.2) is 46.6 Å². The molecule has 1 saturated heterocycles. The summed E-state index contributed by atoms with van der Waals surface area (Å²) in [7, 11) is 0. The first kappa shape index (κ1) is 26.7. The summed E-state index contributed by atoms with van der Waals surface area (Å²) < 4.78 is 0. The predicted octanol–water partition coefficient (Wildman–Crippen LogP) is 5.76. The van der Waals surface area contributed by atoms with Crippen LogP contribution in [0.4, 0.5) is 0 Å². The minimum atomic E-state index is -0.646. The fraction of sp³-hybridized carbons (Fsp3) is 0.581. The van der Waals surface area contributed by atoms with Gasteiger partial charge in [-0.1, -0.05) is 51.1 Å². The summed E-state index contributed by atoms with van der Waals surface area (Å²) in [6, 6.07) is 16.6. The summed E-state index contributed by atoms with van der Waals surface area (Å²) >= 11 is 1.74. The van der Waals surface area contributed by atoms with Crippen LogP contribution >= 0.6 is 11.8 Å². The van der Waals surface area contributed by atoms with Gasteiger partial charge in [0.1, 0.15) is 6.04 Å². The highest BCUT2D eigenvalue weighted by Crippen LogP contribution is 2.61. The second-order valence-corrected chi connectivity index (χ2v) is 13.0. The zero-order chi connectivity index (χ0) is 26.5. The third kappa shape index (κ3) is 4.98. The fourth-order valence-corrected chi connectivity index (χ4v) is 7.80. The van der Waals surface area contributed by atoms with Gasteiger partial charge in [0.2, 0.25) is 5.91 Å². The average molecular weight is 523 g/mol. The van der Waals surface area contributed by atoms with Gasteiger partial charge in [-0.3, -0.25) is 9.63 Å². The van der Waals surface area contributed by atoms with Gasteiger partial charge in [0, 0.05) is 16.9 Å². The van der Waals surface area contributed by atoms with Crippen LogP contribution in [0.3, 0.4) is 0 Å². The maximum atomic E-state index is 13.8. The third-order valence-corrected chi connectivity index (χ3v) is 10.4. The van der Waals surface area contributed by atoms with E-state index in [0.29, 0.717) is 29.7 Å². The van der Waals surface area contributed by atoms with Crippen molar-refractivity contribution in [3.05, 3.63) is 54.1 Å². The van der Waals surface area contributed by atoms with Crippen LogP contribution in [0.5, 0.6) is 0 Å². The van der Waals surface area contributed by atoms with Gasteiger partial charge in [-0.25, -0.2) is 0 Å². The first-order chi connectivity index (χ1) is 17.6. The highest BCUT2D eigenvalue weighted by Gasteiger charge is 2.57. The molecule has 0 radical (unpaired) electrons. The van der Waals surface area contributed by atoms with E-state index in [1.807, 2.05) is 12.0 Å². The quantitative estimate of drug-likeness (QED) is 0.453. The number of carbonyl (C=O) groups excluding carboxylic acids is 1. The number of carbonyl (C=O) groups is 1. The van der Waals surface area contributed by atoms with Gasteiger partial charge in [-0.05, 0) is 91.0 Å². The zero-order valence-electron chi connectivity index (χ0n) is 23.0. The molecule has 2 aromatic carbocycles. The Morgan fingerprint density at radius 3 is 2.51 bits per heavy atom. The summed E-state index contributed by atoms with van der Waals surface area (Å²) in [5.74, 6) is 1.48. The van der Waals surface area contributed by atoms with Crippen molar-refractivity contribution in [2.24, 2.45) is 29.1 Å². The second kappa shape index (κ2) is 10.4. The first-order valence-corrected chi connectivity index (χ1v) is 15.0. The molecule has 1 heterocycles. The molecule has 200 valence electrons. The van der Waals surface area contributed by atoms with E-state index in [9.17, 15) is 9.90 Å². The van der Waals surface area contributed by atoms with Crippen molar-refractivity contribution in [3.63, 3.8) is 0 Å². The lowest BCUT2D eigenvalue weighted by atomic mass is 9.45. The number of hydrogen-bond donors (Lipinski definition) is 2. The summed E-state index contributed by atoms with van der Waals surface area (Å²) in [4.78, 5) is 21.3. The lowest BCUT2D eigenvalue weighted by molar-refractivity contribution is -0.174. The van der Waals surface area contributed by atoms with E-state index in [2.05, 4.69) is 80.9 Å². The number of nitrogens with one attached hydrogen (secondary N) is 1. The van der Waals surface area contributed by atoms with Crippen LogP contribution in [-0.2, 0) is 16.2 Å². The molecule has 1 amide bonds. The van der Waals surface area contributed by atoms with Crippen molar-refractivity contribution in [1.29, 1.82) is 0 Å². The molecule has 4 aliphatic rings. The Bertz CT molecular complexity index is 1130. The lowest BCUT2D eigenvalue weighted by Crippen LogP contribution is -2.62. The van der Waals surface area contributed by atoms with Gasteiger partial charge in [-0.15, -0.1) is 11.8 Å². The topological polar surface area (TPSA) is 61.8 Å². The lowest BCUT2D eigenvalue weighted by Gasteiger charge is -2.62. The van der Waals surface area contributed by atoms with Crippen LogP contribution in [0.2, 0.25) is 0 Å². The standard InChI is InChI=1S/C31H42N2O3S/c1-18-26-15-24(31(26,4)5)16-27(18)32-30(35)29-28(19(2)34)20(3)36-33(29)17-21-9-7-10-22(13-21)23-11-8-12-25(14-23)37-6/h7-14,18-20,24,26-29,34H,15-17H2,1-6H3,(H,32,35)/t18-,19-,20-,24+,26-,27-,28+,29-/m0/s1. The molecule has 2 N–H and O–H groups in total. The second-order valence-electron chi connectivity index (χ2n) is 12.2. The van der Waals surface area contributed by atoms with Gasteiger partial charge < -0.3 is 10.4 Å². The van der Waals surface area contributed by atoms with E-state index in [1.165, 1.54) is 16.9 Å². The summed E-state index contributed by atoms with van der Waals surface area (Å²) in [6.07, 6.45) is 3.52. The number of aliphatic hydroxyl groups is 1. The van der Waals surface area contributed by atoms with Crippen molar-refractivity contribution in [2.45, 2.75) is 83.2 Å². The van der Waals surface area contributed by atoms with Crippen LogP contribution in [0, 0.1) is 29.1 Å². The Labute approximate surface area is 226 Å². The maximum Gasteiger partial charge on any atom is 0.240 e. The number of benzene rings is 2. The minimum absolute atomic E-state index is 0.0185. The molecule has 37 heavy (non-hydrogen) atoms. The van der Waals surface area contributed by atoms with E-state index in [4.69, 9.17) is 4.84 Å². The molecular weight excluding hydrogens is 480 g/mol. The van der Waals surface area contributed by atoms with Crippen LogP contribution in [0.15, 0.2) is 53.4 Å². The maximum absolute atomic E-state index is 13.8. The monoisotopic (exact) mass is 522 g/mol. The molecule has 0 spiro atoms. The number of hydroxylamine groups is 2. The number of hydrogen-bond acceptors (Lipinski definition) is 5. The molecule has 1 aliphatic heterocycles. The molecule has 2 bridgehead atoms. The molecule has 0 aromatic heterocycles. The van der Waals surface area contributed by atoms with E-state index in [0.717, 1.165) is 17.5 Å². The van der Waals surface area contributed by atoms with E-state index < -0.39 is 12.1 Å². The molecule has 5 nitrogen and oxygen atoms in total. The average Bonchev–Trinajstić information content (AvgIpc) is 3.20. The zero-order valence-corrected chi connectivity index (χ0v) is 23.8. The Hall–Kier alpha value is -1.86. The highest BCUT2D eigenvalue weighted by molar-refractivity contribution is 7.98. The van der Waals surface area contributed by atoms with Gasteiger partial charge in [0.25, 0.3) is 0 Å². The van der Waals surface area contributed by atoms with Gasteiger partial charge in [0.05, 0.1) is 18.8 Å². The van der Waals surface area contributed by atoms with E-state index in [1.54, 1.807) is 18.7 Å². The third-order valence-electron chi connectivity index (χ3n) is 9.69. The molecule has 6 heteroatoms. The largest absolute Gasteiger partial charge is 0.393 e. The number of fused-ring (bicyclic) bond motifs is 2. The van der Waals surface area contributed by atoms with Crippen LogP contribution in [0.1, 0.15) is 53.0 Å². The van der Waals surface area contributed by atoms with Crippen LogP contribution < -0.4 is 5.32 Å². The number of amides is 1. The molecule has 8 atom stereocenters. The number of rotatable bonds is 7. The molecule has 6 rings (SSSR count). The minimum Gasteiger partial charge on any atom is -0.393 e. The van der Waals surface area contributed by atoms with Crippen molar-refractivity contribution in [2.75, 3.05) is 6.26 Å².